The predicted octanol–water partition coefficient (Wildman–Crippen LogP) is 4.68. The van der Waals surface area contributed by atoms with E-state index < -0.39 is 5.41 Å². The summed E-state index contributed by atoms with van der Waals surface area (Å²) >= 11 is 0. The van der Waals surface area contributed by atoms with Gasteiger partial charge in [-0.1, -0.05) is 57.2 Å². The van der Waals surface area contributed by atoms with Crippen LogP contribution in [0.1, 0.15) is 43.0 Å². The molecule has 4 nitrogen and oxygen atoms in total. The number of hydrogen-bond donors (Lipinski definition) is 3. The van der Waals surface area contributed by atoms with E-state index in [1.165, 1.54) is 0 Å². The molecule has 4 rings (SSSR count). The molecule has 1 amide bonds. The monoisotopic (exact) mass is 373 g/mol. The average molecular weight is 373 g/mol. The molecule has 1 aliphatic rings. The summed E-state index contributed by atoms with van der Waals surface area (Å²) in [5, 5.41) is 23.6. The van der Waals surface area contributed by atoms with Crippen LogP contribution in [0.5, 0.6) is 11.5 Å². The second kappa shape index (κ2) is 6.13. The maximum Gasteiger partial charge on any atom is 0.244 e. The van der Waals surface area contributed by atoms with E-state index in [1.54, 1.807) is 30.3 Å². The second-order valence-electron chi connectivity index (χ2n) is 8.28. The Morgan fingerprint density at radius 2 is 1.54 bits per heavy atom. The van der Waals surface area contributed by atoms with Gasteiger partial charge in [0, 0.05) is 16.8 Å². The lowest BCUT2D eigenvalue weighted by molar-refractivity contribution is -0.118. The van der Waals surface area contributed by atoms with E-state index in [0.717, 1.165) is 16.8 Å². The Bertz CT molecular complexity index is 1060. The molecule has 4 heteroatoms. The van der Waals surface area contributed by atoms with Crippen molar-refractivity contribution in [3.05, 3.63) is 89.0 Å². The van der Waals surface area contributed by atoms with Crippen molar-refractivity contribution in [3.63, 3.8) is 0 Å². The van der Waals surface area contributed by atoms with Gasteiger partial charge in [0.2, 0.25) is 5.91 Å². The Hall–Kier alpha value is -3.27. The summed E-state index contributed by atoms with van der Waals surface area (Å²) in [4.78, 5) is 13.5. The summed E-state index contributed by atoms with van der Waals surface area (Å²) in [5.74, 6) is -0.0352. The number of rotatable bonds is 2. The van der Waals surface area contributed by atoms with Crippen molar-refractivity contribution in [1.29, 1.82) is 0 Å². The third-order valence-corrected chi connectivity index (χ3v) is 5.49. The van der Waals surface area contributed by atoms with Crippen LogP contribution in [-0.2, 0) is 15.6 Å². The van der Waals surface area contributed by atoms with Gasteiger partial charge in [-0.05, 0) is 46.9 Å². The number of hydrogen-bond acceptors (Lipinski definition) is 3. The maximum atomic E-state index is 13.5. The average Bonchev–Trinajstić information content (AvgIpc) is 2.94. The Labute approximate surface area is 164 Å². The molecular weight excluding hydrogens is 350 g/mol. The lowest BCUT2D eigenvalue weighted by Crippen LogP contribution is -2.37. The van der Waals surface area contributed by atoms with E-state index in [-0.39, 0.29) is 22.8 Å². The standard InChI is InChI=1S/C24H23NO3/c1-23(2,3)16-10-13-21(27)19(14-16)24(15-8-11-17(26)12-9-15)18-6-4-5-7-20(18)25-22(24)28/h4-14,26-27H,1-3H3,(H,25,28). The summed E-state index contributed by atoms with van der Waals surface area (Å²) in [6.45, 7) is 6.29. The summed E-state index contributed by atoms with van der Waals surface area (Å²) in [6.07, 6.45) is 0. The number of para-hydroxylation sites is 1. The van der Waals surface area contributed by atoms with Crippen LogP contribution in [0.15, 0.2) is 66.7 Å². The minimum absolute atomic E-state index is 0.0629. The number of phenolic OH excluding ortho intramolecular Hbond substituents is 2. The van der Waals surface area contributed by atoms with Gasteiger partial charge in [-0.3, -0.25) is 4.79 Å². The van der Waals surface area contributed by atoms with Gasteiger partial charge >= 0.3 is 0 Å². The first kappa shape index (κ1) is 18.1. The number of phenols is 2. The Kier molecular flexibility index (Phi) is 3.96. The van der Waals surface area contributed by atoms with Gasteiger partial charge in [0.25, 0.3) is 0 Å². The van der Waals surface area contributed by atoms with Crippen LogP contribution in [0.3, 0.4) is 0 Å². The zero-order chi connectivity index (χ0) is 20.1. The normalized spacial score (nSPS) is 18.6. The minimum Gasteiger partial charge on any atom is -0.508 e. The second-order valence-corrected chi connectivity index (χ2v) is 8.28. The highest BCUT2D eigenvalue weighted by atomic mass is 16.3. The first-order chi connectivity index (χ1) is 13.2. The quantitative estimate of drug-likeness (QED) is 0.611. The Morgan fingerprint density at radius 1 is 0.857 bits per heavy atom. The molecule has 28 heavy (non-hydrogen) atoms. The number of nitrogens with one attached hydrogen (secondary N) is 1. The zero-order valence-electron chi connectivity index (χ0n) is 16.2. The van der Waals surface area contributed by atoms with Gasteiger partial charge in [0.15, 0.2) is 0 Å². The maximum absolute atomic E-state index is 13.5. The molecule has 3 aromatic carbocycles. The molecule has 3 aromatic rings. The van der Waals surface area contributed by atoms with Crippen molar-refractivity contribution in [1.82, 2.24) is 0 Å². The molecule has 0 spiro atoms. The smallest absolute Gasteiger partial charge is 0.244 e. The van der Waals surface area contributed by atoms with Crippen LogP contribution in [0.25, 0.3) is 0 Å². The molecule has 0 saturated heterocycles. The highest BCUT2D eigenvalue weighted by molar-refractivity contribution is 6.11. The summed E-state index contributed by atoms with van der Waals surface area (Å²) < 4.78 is 0. The molecule has 0 saturated carbocycles. The van der Waals surface area contributed by atoms with E-state index >= 15 is 0 Å². The van der Waals surface area contributed by atoms with Crippen molar-refractivity contribution >= 4 is 11.6 Å². The number of fused-ring (bicyclic) bond motifs is 1. The Morgan fingerprint density at radius 3 is 2.21 bits per heavy atom. The highest BCUT2D eigenvalue weighted by Gasteiger charge is 2.51. The first-order valence-corrected chi connectivity index (χ1v) is 9.29. The molecule has 0 radical (unpaired) electrons. The molecule has 1 unspecified atom stereocenters. The van der Waals surface area contributed by atoms with E-state index in [1.807, 2.05) is 36.4 Å². The molecule has 0 fully saturated rings. The van der Waals surface area contributed by atoms with Crippen LogP contribution in [0.2, 0.25) is 0 Å². The fourth-order valence-corrected chi connectivity index (χ4v) is 3.98. The molecule has 1 heterocycles. The molecule has 142 valence electrons. The summed E-state index contributed by atoms with van der Waals surface area (Å²) in [5.41, 5.74) is 2.41. The number of carbonyl (C=O) groups excluding carboxylic acids is 1. The first-order valence-electron chi connectivity index (χ1n) is 9.29. The van der Waals surface area contributed by atoms with Crippen molar-refractivity contribution in [2.75, 3.05) is 5.32 Å². The van der Waals surface area contributed by atoms with Crippen LogP contribution >= 0.6 is 0 Å². The topological polar surface area (TPSA) is 69.6 Å². The molecule has 3 N–H and O–H groups in total. The van der Waals surface area contributed by atoms with Gasteiger partial charge in [-0.2, -0.15) is 0 Å². The molecule has 0 aromatic heterocycles. The van der Waals surface area contributed by atoms with Crippen LogP contribution in [-0.4, -0.2) is 16.1 Å². The molecule has 1 aliphatic heterocycles. The fraction of sp³-hybridized carbons (Fsp3) is 0.208. The largest absolute Gasteiger partial charge is 0.508 e. The summed E-state index contributed by atoms with van der Waals surface area (Å²) in [6, 6.07) is 19.6. The van der Waals surface area contributed by atoms with Gasteiger partial charge in [-0.15, -0.1) is 0 Å². The zero-order valence-corrected chi connectivity index (χ0v) is 16.2. The van der Waals surface area contributed by atoms with Crippen LogP contribution in [0.4, 0.5) is 5.69 Å². The third kappa shape index (κ3) is 2.56. The fourth-order valence-electron chi connectivity index (χ4n) is 3.98. The van der Waals surface area contributed by atoms with Crippen LogP contribution < -0.4 is 5.32 Å². The van der Waals surface area contributed by atoms with Crippen molar-refractivity contribution in [2.45, 2.75) is 31.6 Å². The van der Waals surface area contributed by atoms with Crippen molar-refractivity contribution in [2.24, 2.45) is 0 Å². The van der Waals surface area contributed by atoms with E-state index in [4.69, 9.17) is 0 Å². The highest BCUT2D eigenvalue weighted by Crippen LogP contribution is 2.50. The molecular formula is C24H23NO3. The van der Waals surface area contributed by atoms with Gasteiger partial charge in [0.1, 0.15) is 16.9 Å². The SMILES string of the molecule is CC(C)(C)c1ccc(O)c(C2(c3ccc(O)cc3)C(=O)Nc3ccccc32)c1. The molecule has 1 atom stereocenters. The number of amides is 1. The number of anilines is 1. The third-order valence-electron chi connectivity index (χ3n) is 5.49. The van der Waals surface area contributed by atoms with Gasteiger partial charge in [-0.25, -0.2) is 0 Å². The van der Waals surface area contributed by atoms with Gasteiger partial charge < -0.3 is 15.5 Å². The lowest BCUT2D eigenvalue weighted by atomic mass is 9.68. The van der Waals surface area contributed by atoms with Gasteiger partial charge in [0.05, 0.1) is 0 Å². The summed E-state index contributed by atoms with van der Waals surface area (Å²) in [7, 11) is 0. The predicted molar refractivity (Wildman–Crippen MR) is 110 cm³/mol. The van der Waals surface area contributed by atoms with Crippen molar-refractivity contribution < 1.29 is 15.0 Å². The van der Waals surface area contributed by atoms with E-state index in [2.05, 4.69) is 26.1 Å². The van der Waals surface area contributed by atoms with E-state index in [0.29, 0.717) is 11.1 Å². The number of aromatic hydroxyl groups is 2. The van der Waals surface area contributed by atoms with Crippen molar-refractivity contribution in [3.8, 4) is 11.5 Å². The Balaban J connectivity index is 2.10. The molecule has 0 aliphatic carbocycles. The van der Waals surface area contributed by atoms with Crippen LogP contribution in [0, 0.1) is 0 Å². The minimum atomic E-state index is -1.20. The number of carbonyl (C=O) groups is 1. The lowest BCUT2D eigenvalue weighted by Gasteiger charge is -2.31. The van der Waals surface area contributed by atoms with E-state index in [9.17, 15) is 15.0 Å². The molecule has 0 bridgehead atoms. The number of benzene rings is 3.